The van der Waals surface area contributed by atoms with Gasteiger partial charge in [0.2, 0.25) is 5.78 Å². The third-order valence-electron chi connectivity index (χ3n) is 3.73. The number of nitrogens with zero attached hydrogens (tertiary/aromatic N) is 3. The van der Waals surface area contributed by atoms with Crippen LogP contribution in [0.4, 0.5) is 19.3 Å². The van der Waals surface area contributed by atoms with Gasteiger partial charge in [0.05, 0.1) is 11.1 Å². The molecule has 24 heavy (non-hydrogen) atoms. The van der Waals surface area contributed by atoms with E-state index in [1.807, 2.05) is 0 Å². The number of ketones is 1. The predicted octanol–water partition coefficient (Wildman–Crippen LogP) is 2.85. The van der Waals surface area contributed by atoms with Crippen molar-refractivity contribution in [1.82, 2.24) is 0 Å². The second kappa shape index (κ2) is 5.79. The Bertz CT molecular complexity index is 767. The summed E-state index contributed by atoms with van der Waals surface area (Å²) >= 11 is 0. The van der Waals surface area contributed by atoms with Gasteiger partial charge in [0, 0.05) is 12.6 Å². The fourth-order valence-corrected chi connectivity index (χ4v) is 2.57. The maximum atomic E-state index is 13.7. The maximum Gasteiger partial charge on any atom is 0.414 e. The topological polar surface area (TPSA) is 83.0 Å². The minimum absolute atomic E-state index is 0.0466. The summed E-state index contributed by atoms with van der Waals surface area (Å²) in [5.41, 5.74) is 6.58. The van der Waals surface area contributed by atoms with Gasteiger partial charge in [-0.15, -0.1) is 0 Å². The van der Waals surface area contributed by atoms with E-state index in [0.29, 0.717) is 6.21 Å². The van der Waals surface area contributed by atoms with Crippen LogP contribution in [0.25, 0.3) is 5.53 Å². The molecule has 1 aromatic rings. The first-order valence-corrected chi connectivity index (χ1v) is 7.21. The average molecular weight is 337 g/mol. The second-order valence-electron chi connectivity index (χ2n) is 6.79. The van der Waals surface area contributed by atoms with Crippen molar-refractivity contribution in [1.29, 1.82) is 0 Å². The highest BCUT2D eigenvalue weighted by Crippen LogP contribution is 2.42. The summed E-state index contributed by atoms with van der Waals surface area (Å²) in [4.78, 5) is 28.4. The molecule has 1 aromatic carbocycles. The lowest BCUT2D eigenvalue weighted by Gasteiger charge is -2.26. The van der Waals surface area contributed by atoms with E-state index in [1.165, 1.54) is 6.92 Å². The second-order valence-corrected chi connectivity index (χ2v) is 6.79. The van der Waals surface area contributed by atoms with Crippen molar-refractivity contribution in [3.05, 3.63) is 34.9 Å². The van der Waals surface area contributed by atoms with Crippen LogP contribution in [0.2, 0.25) is 0 Å². The number of ether oxygens (including phenoxy) is 1. The van der Waals surface area contributed by atoms with Crippen molar-refractivity contribution in [3.8, 4) is 0 Å². The summed E-state index contributed by atoms with van der Waals surface area (Å²) in [6, 6.07) is 1.72. The lowest BCUT2D eigenvalue weighted by atomic mass is 9.80. The summed E-state index contributed by atoms with van der Waals surface area (Å²) < 4.78 is 32.6. The molecule has 0 N–H and O–H groups in total. The zero-order chi connectivity index (χ0) is 18.3. The maximum absolute atomic E-state index is 13.7. The lowest BCUT2D eigenvalue weighted by Crippen LogP contribution is -2.43. The van der Waals surface area contributed by atoms with Gasteiger partial charge in [-0.1, -0.05) is 0 Å². The van der Waals surface area contributed by atoms with Crippen LogP contribution >= 0.6 is 0 Å². The molecule has 2 rings (SSSR count). The molecule has 0 spiro atoms. The van der Waals surface area contributed by atoms with E-state index in [2.05, 4.69) is 4.79 Å². The molecule has 8 heteroatoms. The molecule has 0 radical (unpaired) electrons. The average Bonchev–Trinajstić information content (AvgIpc) is 2.73. The van der Waals surface area contributed by atoms with Crippen molar-refractivity contribution < 1.29 is 27.9 Å². The van der Waals surface area contributed by atoms with Gasteiger partial charge in [-0.05, 0) is 39.3 Å². The van der Waals surface area contributed by atoms with Crippen LogP contribution in [0.5, 0.6) is 0 Å². The van der Waals surface area contributed by atoms with E-state index in [0.717, 1.165) is 17.0 Å². The molecule has 1 atom stereocenters. The molecule has 128 valence electrons. The Morgan fingerprint density at radius 1 is 1.33 bits per heavy atom. The van der Waals surface area contributed by atoms with E-state index >= 15 is 0 Å². The number of rotatable bonds is 2. The lowest BCUT2D eigenvalue weighted by molar-refractivity contribution is -0.120. The van der Waals surface area contributed by atoms with E-state index in [1.54, 1.807) is 20.8 Å². The monoisotopic (exact) mass is 337 g/mol. The molecule has 0 fully saturated rings. The Morgan fingerprint density at radius 2 is 1.92 bits per heavy atom. The van der Waals surface area contributed by atoms with Crippen LogP contribution in [-0.4, -0.2) is 35.0 Å². The highest BCUT2D eigenvalue weighted by atomic mass is 19.2. The zero-order valence-electron chi connectivity index (χ0n) is 13.8. The van der Waals surface area contributed by atoms with Gasteiger partial charge in [0.1, 0.15) is 5.60 Å². The quantitative estimate of drug-likeness (QED) is 0.472. The molecular formula is C16H17F2N3O3. The smallest absolute Gasteiger partial charge is 0.414 e. The molecule has 1 heterocycles. The Hall–Kier alpha value is -2.60. The number of halogens is 2. The number of anilines is 1. The number of carbonyl (C=O) groups is 2. The number of benzene rings is 1. The molecule has 1 unspecified atom stereocenters. The first-order valence-electron chi connectivity index (χ1n) is 7.21. The summed E-state index contributed by atoms with van der Waals surface area (Å²) in [5, 5.41) is 0. The fourth-order valence-electron chi connectivity index (χ4n) is 2.57. The molecular weight excluding hydrogens is 320 g/mol. The van der Waals surface area contributed by atoms with E-state index in [-0.39, 0.29) is 17.8 Å². The Morgan fingerprint density at radius 3 is 2.46 bits per heavy atom. The first-order chi connectivity index (χ1) is 11.0. The molecule has 1 amide bonds. The molecule has 1 aliphatic rings. The van der Waals surface area contributed by atoms with E-state index < -0.39 is 34.5 Å². The van der Waals surface area contributed by atoms with Crippen molar-refractivity contribution in [2.24, 2.45) is 0 Å². The van der Waals surface area contributed by atoms with Crippen molar-refractivity contribution in [2.45, 2.75) is 38.7 Å². The zero-order valence-corrected chi connectivity index (χ0v) is 13.8. The van der Waals surface area contributed by atoms with Gasteiger partial charge in [0.25, 0.3) is 0 Å². The molecule has 0 saturated heterocycles. The third kappa shape index (κ3) is 3.05. The number of Topliss-reactive ketones (excluding diaryl/α,β-unsaturated/α-hetero) is 1. The predicted molar refractivity (Wildman–Crippen MR) is 82.0 cm³/mol. The summed E-state index contributed by atoms with van der Waals surface area (Å²) in [7, 11) is 0. The van der Waals surface area contributed by atoms with Gasteiger partial charge in [-0.2, -0.15) is 4.79 Å². The number of amides is 1. The number of fused-ring (bicyclic) bond motifs is 1. The number of hydrogen-bond acceptors (Lipinski definition) is 3. The van der Waals surface area contributed by atoms with Crippen LogP contribution in [-0.2, 0) is 14.9 Å². The normalized spacial score (nSPS) is 19.5. The third-order valence-corrected chi connectivity index (χ3v) is 3.73. The highest BCUT2D eigenvalue weighted by molar-refractivity contribution is 6.30. The van der Waals surface area contributed by atoms with Gasteiger partial charge >= 0.3 is 12.3 Å². The number of hydrogen-bond donors (Lipinski definition) is 0. The van der Waals surface area contributed by atoms with Gasteiger partial charge in [0.15, 0.2) is 11.6 Å². The molecule has 0 bridgehead atoms. The van der Waals surface area contributed by atoms with E-state index in [9.17, 15) is 18.4 Å². The van der Waals surface area contributed by atoms with Gasteiger partial charge in [-0.25, -0.2) is 13.6 Å². The molecule has 0 aromatic heterocycles. The molecule has 6 nitrogen and oxygen atoms in total. The minimum Gasteiger partial charge on any atom is -0.443 e. The summed E-state index contributed by atoms with van der Waals surface area (Å²) in [6.45, 7) is 6.25. The van der Waals surface area contributed by atoms with Crippen LogP contribution in [0.3, 0.4) is 0 Å². The Kier molecular flexibility index (Phi) is 4.29. The number of carbonyl (C=O) groups excluding carboxylic acids is 2. The van der Waals surface area contributed by atoms with Crippen molar-refractivity contribution in [2.75, 3.05) is 11.4 Å². The summed E-state index contributed by atoms with van der Waals surface area (Å²) in [6.07, 6.45) is -0.115. The molecule has 1 aliphatic heterocycles. The SMILES string of the molecule is CC(C)(C)OC(=O)N1CC(C)(C(=O)C=[N+]=[N-])c2cc(F)c(F)cc21. The highest BCUT2D eigenvalue weighted by Gasteiger charge is 2.49. The van der Waals surface area contributed by atoms with Crippen LogP contribution in [0.1, 0.15) is 33.3 Å². The molecule has 0 aliphatic carbocycles. The van der Waals surface area contributed by atoms with Crippen molar-refractivity contribution >= 4 is 23.8 Å². The summed E-state index contributed by atoms with van der Waals surface area (Å²) in [5.74, 6) is -2.93. The minimum atomic E-state index is -1.38. The van der Waals surface area contributed by atoms with E-state index in [4.69, 9.17) is 10.3 Å². The standard InChI is InChI=1S/C16H17F2N3O3/c1-15(2,3)24-14(23)21-8-16(4,13(22)7-20-19)9-5-10(17)11(18)6-12(9)21/h5-7H,8H2,1-4H3. The Balaban J connectivity index is 2.57. The Labute approximate surface area is 137 Å². The van der Waals surface area contributed by atoms with Crippen LogP contribution < -0.4 is 4.90 Å². The van der Waals surface area contributed by atoms with Gasteiger partial charge in [-0.3, -0.25) is 9.69 Å². The van der Waals surface area contributed by atoms with Crippen molar-refractivity contribution in [3.63, 3.8) is 0 Å². The fraction of sp³-hybridized carbons (Fsp3) is 0.438. The first kappa shape index (κ1) is 17.7. The van der Waals surface area contributed by atoms with Gasteiger partial charge < -0.3 is 10.3 Å². The van der Waals surface area contributed by atoms with Crippen LogP contribution in [0, 0.1) is 11.6 Å². The molecule has 0 saturated carbocycles. The van der Waals surface area contributed by atoms with Crippen LogP contribution in [0.15, 0.2) is 12.1 Å². The largest absolute Gasteiger partial charge is 0.443 e.